The van der Waals surface area contributed by atoms with E-state index >= 15 is 0 Å². The van der Waals surface area contributed by atoms with Crippen LogP contribution in [-0.2, 0) is 14.4 Å². The summed E-state index contributed by atoms with van der Waals surface area (Å²) >= 11 is 0. The first-order chi connectivity index (χ1) is 18.7. The number of rotatable bonds is 10. The molecule has 0 N–H and O–H groups in total. The fraction of sp³-hybridized carbons (Fsp3) is 0.250. The number of hydrogen-bond donors (Lipinski definition) is 0. The van der Waals surface area contributed by atoms with Gasteiger partial charge in [-0.3, -0.25) is 0 Å². The summed E-state index contributed by atoms with van der Waals surface area (Å²) in [6.07, 6.45) is 2.60. The Balaban J connectivity index is 0.000000258. The Hall–Kier alpha value is -2.86. The Labute approximate surface area is 234 Å². The molecule has 0 bridgehead atoms. The molecule has 0 saturated carbocycles. The van der Waals surface area contributed by atoms with E-state index < -0.39 is 17.2 Å². The third-order valence-electron chi connectivity index (χ3n) is 8.08. The monoisotopic (exact) mass is 565 g/mol. The van der Waals surface area contributed by atoms with Crippen LogP contribution >= 0.6 is 6.83 Å². The molecule has 0 atom stereocenters. The van der Waals surface area contributed by atoms with Crippen molar-refractivity contribution in [3.63, 3.8) is 0 Å². The largest absolute Gasteiger partial charge is 0.194 e. The average Bonchev–Trinajstić information content (AvgIpc) is 2.99. The Morgan fingerprint density at radius 3 is 0.923 bits per heavy atom. The summed E-state index contributed by atoms with van der Waals surface area (Å²) in [5.41, 5.74) is 4.86. The maximum absolute atomic E-state index is 10.7. The summed E-state index contributed by atoms with van der Waals surface area (Å²) in [5, 5.41) is 0. The van der Waals surface area contributed by atoms with Crippen LogP contribution in [0, 0.1) is 0 Å². The van der Waals surface area contributed by atoms with Gasteiger partial charge in [-0.15, -0.1) is 0 Å². The quantitative estimate of drug-likeness (QED) is 0.0833. The third kappa shape index (κ3) is 6.66. The Bertz CT molecular complexity index is 1210. The van der Waals surface area contributed by atoms with Crippen molar-refractivity contribution in [3.8, 4) is 0 Å². The molecule has 7 heteroatoms. The van der Waals surface area contributed by atoms with Gasteiger partial charge in [-0.25, -0.2) is 0 Å². The van der Waals surface area contributed by atoms with Crippen molar-refractivity contribution < 1.29 is 16.9 Å². The minimum Gasteiger partial charge on any atom is -0.194 e. The van der Waals surface area contributed by atoms with E-state index in [1.54, 1.807) is 0 Å². The molecule has 0 heterocycles. The van der Waals surface area contributed by atoms with E-state index in [0.29, 0.717) is 29.1 Å². The van der Waals surface area contributed by atoms with Gasteiger partial charge in [-0.2, -0.15) is 4.48 Å². The van der Waals surface area contributed by atoms with Crippen LogP contribution in [0.3, 0.4) is 0 Å². The van der Waals surface area contributed by atoms with Crippen molar-refractivity contribution in [3.05, 3.63) is 121 Å². The van der Waals surface area contributed by atoms with Gasteiger partial charge < -0.3 is 0 Å². The molecule has 4 rings (SSSR count). The van der Waals surface area contributed by atoms with Crippen molar-refractivity contribution in [2.45, 2.75) is 27.7 Å². The normalized spacial score (nSPS) is 13.0. The molecule has 0 aliphatic rings. The van der Waals surface area contributed by atoms with E-state index in [-0.39, 0.29) is 0 Å². The standard InChI is InChI=1S/C24H20N.C8H21O4PS/c1-5-13-21(14-6-1)25(22-15-7-2-8-16-22,23-17-9-3-10-18-23)24-19-11-4-12-20-24;1-5-13(6-2,7-3,8-4)12-14(9,10)11/h1-20H;5-8H2,1-4H3,(H,9,10,11)/q+1;/p-1. The van der Waals surface area contributed by atoms with Gasteiger partial charge in [0.25, 0.3) is 0 Å². The first kappa shape index (κ1) is 30.7. The Morgan fingerprint density at radius 1 is 0.538 bits per heavy atom. The van der Waals surface area contributed by atoms with E-state index in [9.17, 15) is 13.0 Å². The molecular formula is C32H40NO4PS. The van der Waals surface area contributed by atoms with Crippen molar-refractivity contribution in [1.82, 2.24) is 4.48 Å². The SMILES string of the molecule is CCP(CC)(CC)(CC)OS(=O)(=O)[O-].c1ccc([N+](c2ccccc2)(c2ccccc2)c2ccccc2)cc1. The molecule has 4 aromatic rings. The molecule has 0 fully saturated rings. The molecule has 0 aliphatic heterocycles. The minimum atomic E-state index is -4.58. The van der Waals surface area contributed by atoms with Gasteiger partial charge in [0.15, 0.2) is 0 Å². The molecule has 0 aliphatic carbocycles. The topological polar surface area (TPSA) is 66.4 Å². The van der Waals surface area contributed by atoms with Gasteiger partial charge in [0.1, 0.15) is 22.7 Å². The fourth-order valence-electron chi connectivity index (χ4n) is 5.31. The predicted octanol–water partition coefficient (Wildman–Crippen LogP) is 9.00. The first-order valence-electron chi connectivity index (χ1n) is 13.5. The number of nitrogens with zero attached hydrogens (tertiary/aromatic N) is 1. The second-order valence-electron chi connectivity index (χ2n) is 9.62. The summed E-state index contributed by atoms with van der Waals surface area (Å²) in [7, 11) is -4.58. The smallest absolute Gasteiger partial charge is 0.148 e. The van der Waals surface area contributed by atoms with Crippen LogP contribution in [0.2, 0.25) is 0 Å². The summed E-state index contributed by atoms with van der Waals surface area (Å²) in [6, 6.07) is 42.8. The maximum Gasteiger partial charge on any atom is 0.148 e. The molecule has 0 saturated heterocycles. The zero-order valence-electron chi connectivity index (χ0n) is 23.3. The van der Waals surface area contributed by atoms with E-state index in [2.05, 4.69) is 121 Å². The summed E-state index contributed by atoms with van der Waals surface area (Å²) in [6.45, 7) is 4.86. The minimum absolute atomic E-state index is 0.559. The molecular weight excluding hydrogens is 525 g/mol. The van der Waals surface area contributed by atoms with Crippen LogP contribution < -0.4 is 4.48 Å². The third-order valence-corrected chi connectivity index (χ3v) is 16.9. The Kier molecular flexibility index (Phi) is 10.2. The number of hydrogen-bond acceptors (Lipinski definition) is 4. The fourth-order valence-corrected chi connectivity index (χ4v) is 11.7. The molecule has 0 radical (unpaired) electrons. The second-order valence-corrected chi connectivity index (χ2v) is 17.3. The zero-order valence-corrected chi connectivity index (χ0v) is 25.0. The molecule has 0 amide bonds. The summed E-state index contributed by atoms with van der Waals surface area (Å²) in [4.78, 5) is 0. The number of quaternary nitrogens is 1. The van der Waals surface area contributed by atoms with Crippen molar-refractivity contribution in [2.24, 2.45) is 0 Å². The van der Waals surface area contributed by atoms with Crippen LogP contribution in [0.4, 0.5) is 22.7 Å². The molecule has 0 spiro atoms. The van der Waals surface area contributed by atoms with Crippen LogP contribution in [0.15, 0.2) is 121 Å². The van der Waals surface area contributed by atoms with Crippen LogP contribution in [-0.4, -0.2) is 37.6 Å². The molecule has 208 valence electrons. The van der Waals surface area contributed by atoms with Crippen molar-refractivity contribution >= 4 is 40.0 Å². The number of para-hydroxylation sites is 4. The van der Waals surface area contributed by atoms with E-state index in [1.165, 1.54) is 22.7 Å². The van der Waals surface area contributed by atoms with E-state index in [0.717, 1.165) is 0 Å². The van der Waals surface area contributed by atoms with Gasteiger partial charge in [-0.05, 0) is 0 Å². The van der Waals surface area contributed by atoms with Crippen molar-refractivity contribution in [2.75, 3.05) is 24.6 Å². The summed E-state index contributed by atoms with van der Waals surface area (Å²) < 4.78 is 37.7. The molecule has 0 aromatic heterocycles. The van der Waals surface area contributed by atoms with Gasteiger partial charge in [0, 0.05) is 48.5 Å². The van der Waals surface area contributed by atoms with E-state index in [1.807, 2.05) is 27.7 Å². The molecule has 5 nitrogen and oxygen atoms in total. The maximum atomic E-state index is 10.7. The van der Waals surface area contributed by atoms with Crippen LogP contribution in [0.1, 0.15) is 27.7 Å². The van der Waals surface area contributed by atoms with Crippen molar-refractivity contribution in [1.29, 1.82) is 0 Å². The zero-order chi connectivity index (χ0) is 28.4. The average molecular weight is 566 g/mol. The summed E-state index contributed by atoms with van der Waals surface area (Å²) in [5.74, 6) is 0. The second kappa shape index (κ2) is 13.0. The van der Waals surface area contributed by atoms with Gasteiger partial charge in [0.05, 0.1) is 0 Å². The molecule has 4 aromatic carbocycles. The van der Waals surface area contributed by atoms with Gasteiger partial charge in [0.2, 0.25) is 0 Å². The molecule has 0 unspecified atom stereocenters. The van der Waals surface area contributed by atoms with Crippen LogP contribution in [0.5, 0.6) is 0 Å². The van der Waals surface area contributed by atoms with Crippen LogP contribution in [0.25, 0.3) is 0 Å². The molecule has 39 heavy (non-hydrogen) atoms. The Morgan fingerprint density at radius 2 is 0.769 bits per heavy atom. The predicted molar refractivity (Wildman–Crippen MR) is 166 cm³/mol. The number of benzene rings is 4. The first-order valence-corrected chi connectivity index (χ1v) is 17.7. The van der Waals surface area contributed by atoms with Gasteiger partial charge in [-0.1, -0.05) is 72.8 Å². The van der Waals surface area contributed by atoms with Gasteiger partial charge >= 0.3 is 86.5 Å². The van der Waals surface area contributed by atoms with E-state index in [4.69, 9.17) is 3.97 Å².